The van der Waals surface area contributed by atoms with Gasteiger partial charge in [0.25, 0.3) is 0 Å². The number of anilines is 1. The van der Waals surface area contributed by atoms with Crippen molar-refractivity contribution in [3.05, 3.63) is 54.2 Å². The lowest BCUT2D eigenvalue weighted by Gasteiger charge is -2.10. The second kappa shape index (κ2) is 6.27. The topological polar surface area (TPSA) is 37.0 Å². The van der Waals surface area contributed by atoms with Crippen molar-refractivity contribution in [2.24, 2.45) is 0 Å². The van der Waals surface area contributed by atoms with E-state index < -0.39 is 0 Å². The fourth-order valence-electron chi connectivity index (χ4n) is 1.52. The number of hydrazine groups is 1. The Morgan fingerprint density at radius 1 is 1.12 bits per heavy atom. The molecule has 17 heavy (non-hydrogen) atoms. The van der Waals surface area contributed by atoms with Crippen LogP contribution in [-0.2, 0) is 6.54 Å². The van der Waals surface area contributed by atoms with Crippen molar-refractivity contribution in [3.63, 3.8) is 0 Å². The summed E-state index contributed by atoms with van der Waals surface area (Å²) in [4.78, 5) is 5.47. The number of nitrogens with zero attached hydrogens (tertiary/aromatic N) is 1. The molecule has 0 fully saturated rings. The van der Waals surface area contributed by atoms with E-state index in [1.165, 1.54) is 10.5 Å². The fraction of sp³-hybridized carbons (Fsp3) is 0.154. The average Bonchev–Trinajstić information content (AvgIpc) is 2.40. The minimum atomic E-state index is 0.771. The quantitative estimate of drug-likeness (QED) is 0.627. The van der Waals surface area contributed by atoms with Crippen LogP contribution < -0.4 is 10.9 Å². The third-order valence-corrected chi connectivity index (χ3v) is 3.19. The molecule has 0 aliphatic carbocycles. The van der Waals surface area contributed by atoms with Crippen LogP contribution in [0.25, 0.3) is 0 Å². The molecule has 1 heterocycles. The molecule has 0 spiro atoms. The monoisotopic (exact) mass is 245 g/mol. The largest absolute Gasteiger partial charge is 0.305 e. The molecule has 2 aromatic rings. The third kappa shape index (κ3) is 3.47. The Balaban J connectivity index is 1.90. The summed E-state index contributed by atoms with van der Waals surface area (Å²) in [5.74, 6) is 0.828. The molecule has 0 radical (unpaired) electrons. The van der Waals surface area contributed by atoms with Crippen LogP contribution in [0, 0.1) is 0 Å². The summed E-state index contributed by atoms with van der Waals surface area (Å²) in [6, 6.07) is 14.1. The van der Waals surface area contributed by atoms with Gasteiger partial charge >= 0.3 is 0 Å². The molecule has 0 aliphatic rings. The van der Waals surface area contributed by atoms with Gasteiger partial charge in [0.05, 0.1) is 0 Å². The molecule has 0 unspecified atom stereocenters. The minimum absolute atomic E-state index is 0.771. The van der Waals surface area contributed by atoms with E-state index in [2.05, 4.69) is 46.4 Å². The molecule has 4 heteroatoms. The number of benzene rings is 1. The summed E-state index contributed by atoms with van der Waals surface area (Å²) < 4.78 is 0. The number of rotatable bonds is 5. The maximum Gasteiger partial charge on any atom is 0.140 e. The summed E-state index contributed by atoms with van der Waals surface area (Å²) in [7, 11) is 0. The maximum atomic E-state index is 4.17. The number of hydrogen-bond acceptors (Lipinski definition) is 4. The van der Waals surface area contributed by atoms with Crippen LogP contribution in [0.5, 0.6) is 0 Å². The first-order valence-electron chi connectivity index (χ1n) is 5.42. The number of thioether (sulfide) groups is 1. The van der Waals surface area contributed by atoms with Gasteiger partial charge in [-0.25, -0.2) is 10.4 Å². The molecule has 88 valence electrons. The Bertz CT molecular complexity index is 459. The Hall–Kier alpha value is -1.52. The Morgan fingerprint density at radius 2 is 1.94 bits per heavy atom. The predicted octanol–water partition coefficient (Wildman–Crippen LogP) is 2.92. The summed E-state index contributed by atoms with van der Waals surface area (Å²) >= 11 is 1.76. The second-order valence-electron chi connectivity index (χ2n) is 3.51. The van der Waals surface area contributed by atoms with Gasteiger partial charge < -0.3 is 5.43 Å². The standard InChI is InChI=1S/C13H15N3S/c1-17-12-7-3-2-6-11(12)10-15-16-13-8-4-5-9-14-13/h2-9,15H,10H2,1H3,(H,14,16). The molecule has 3 nitrogen and oxygen atoms in total. The Morgan fingerprint density at radius 3 is 2.71 bits per heavy atom. The number of aromatic nitrogens is 1. The van der Waals surface area contributed by atoms with Gasteiger partial charge in [0, 0.05) is 17.6 Å². The highest BCUT2D eigenvalue weighted by atomic mass is 32.2. The van der Waals surface area contributed by atoms with Crippen molar-refractivity contribution in [3.8, 4) is 0 Å². The van der Waals surface area contributed by atoms with E-state index in [1.54, 1.807) is 18.0 Å². The van der Waals surface area contributed by atoms with Gasteiger partial charge in [0.15, 0.2) is 0 Å². The molecule has 0 amide bonds. The first-order chi connectivity index (χ1) is 8.40. The van der Waals surface area contributed by atoms with Crippen molar-refractivity contribution in [1.82, 2.24) is 10.4 Å². The highest BCUT2D eigenvalue weighted by molar-refractivity contribution is 7.98. The van der Waals surface area contributed by atoms with Crippen molar-refractivity contribution in [2.45, 2.75) is 11.4 Å². The van der Waals surface area contributed by atoms with Crippen LogP contribution in [0.1, 0.15) is 5.56 Å². The van der Waals surface area contributed by atoms with Crippen LogP contribution in [0.4, 0.5) is 5.82 Å². The molecular formula is C13H15N3S. The zero-order valence-electron chi connectivity index (χ0n) is 9.68. The lowest BCUT2D eigenvalue weighted by atomic mass is 10.2. The van der Waals surface area contributed by atoms with Crippen LogP contribution >= 0.6 is 11.8 Å². The number of hydrogen-bond donors (Lipinski definition) is 2. The molecular weight excluding hydrogens is 230 g/mol. The van der Waals surface area contributed by atoms with Crippen LogP contribution in [0.3, 0.4) is 0 Å². The summed E-state index contributed by atoms with van der Waals surface area (Å²) in [5, 5.41) is 0. The van der Waals surface area contributed by atoms with E-state index in [1.807, 2.05) is 18.2 Å². The highest BCUT2D eigenvalue weighted by Crippen LogP contribution is 2.19. The van der Waals surface area contributed by atoms with E-state index in [-0.39, 0.29) is 0 Å². The van der Waals surface area contributed by atoms with Crippen LogP contribution in [0.15, 0.2) is 53.6 Å². The molecule has 2 rings (SSSR count). The first kappa shape index (κ1) is 12.0. The predicted molar refractivity (Wildman–Crippen MR) is 72.9 cm³/mol. The van der Waals surface area contributed by atoms with E-state index in [9.17, 15) is 0 Å². The van der Waals surface area contributed by atoms with Crippen molar-refractivity contribution in [2.75, 3.05) is 11.7 Å². The Kier molecular flexibility index (Phi) is 4.41. The number of nitrogens with one attached hydrogen (secondary N) is 2. The van der Waals surface area contributed by atoms with Crippen molar-refractivity contribution in [1.29, 1.82) is 0 Å². The van der Waals surface area contributed by atoms with E-state index in [0.29, 0.717) is 0 Å². The van der Waals surface area contributed by atoms with Gasteiger partial charge in [0.2, 0.25) is 0 Å². The van der Waals surface area contributed by atoms with Gasteiger partial charge in [-0.3, -0.25) is 0 Å². The van der Waals surface area contributed by atoms with E-state index in [0.717, 1.165) is 12.4 Å². The molecule has 0 saturated heterocycles. The average molecular weight is 245 g/mol. The van der Waals surface area contributed by atoms with Crippen LogP contribution in [-0.4, -0.2) is 11.2 Å². The summed E-state index contributed by atoms with van der Waals surface area (Å²) in [6.45, 7) is 0.771. The lowest BCUT2D eigenvalue weighted by molar-refractivity contribution is 0.782. The van der Waals surface area contributed by atoms with Gasteiger partial charge in [0.1, 0.15) is 5.82 Å². The molecule has 1 aromatic carbocycles. The second-order valence-corrected chi connectivity index (χ2v) is 4.35. The van der Waals surface area contributed by atoms with Crippen LogP contribution in [0.2, 0.25) is 0 Å². The maximum absolute atomic E-state index is 4.17. The number of pyridine rings is 1. The SMILES string of the molecule is CSc1ccccc1CNNc1ccccn1. The van der Waals surface area contributed by atoms with Crippen molar-refractivity contribution >= 4 is 17.6 Å². The molecule has 2 N–H and O–H groups in total. The smallest absolute Gasteiger partial charge is 0.140 e. The molecule has 0 saturated carbocycles. The molecule has 0 atom stereocenters. The lowest BCUT2D eigenvalue weighted by Crippen LogP contribution is -2.21. The normalized spacial score (nSPS) is 10.2. The van der Waals surface area contributed by atoms with E-state index in [4.69, 9.17) is 0 Å². The highest BCUT2D eigenvalue weighted by Gasteiger charge is 1.99. The Labute approximate surface area is 106 Å². The molecule has 0 aliphatic heterocycles. The van der Waals surface area contributed by atoms with E-state index >= 15 is 0 Å². The molecule has 1 aromatic heterocycles. The minimum Gasteiger partial charge on any atom is -0.305 e. The fourth-order valence-corrected chi connectivity index (χ4v) is 2.13. The first-order valence-corrected chi connectivity index (χ1v) is 6.64. The third-order valence-electron chi connectivity index (χ3n) is 2.35. The van der Waals surface area contributed by atoms with Gasteiger partial charge in [-0.05, 0) is 30.0 Å². The van der Waals surface area contributed by atoms with Gasteiger partial charge in [-0.15, -0.1) is 11.8 Å². The molecule has 0 bridgehead atoms. The zero-order valence-corrected chi connectivity index (χ0v) is 10.5. The summed E-state index contributed by atoms with van der Waals surface area (Å²) in [6.07, 6.45) is 3.85. The van der Waals surface area contributed by atoms with Gasteiger partial charge in [-0.2, -0.15) is 0 Å². The summed E-state index contributed by atoms with van der Waals surface area (Å²) in [5.41, 5.74) is 7.52. The van der Waals surface area contributed by atoms with Crippen molar-refractivity contribution < 1.29 is 0 Å². The van der Waals surface area contributed by atoms with Gasteiger partial charge in [-0.1, -0.05) is 24.3 Å². The zero-order chi connectivity index (χ0) is 11.9.